The van der Waals surface area contributed by atoms with Crippen molar-refractivity contribution < 1.29 is 14.7 Å². The number of amides is 1. The van der Waals surface area contributed by atoms with Gasteiger partial charge in [-0.1, -0.05) is 54.6 Å². The Morgan fingerprint density at radius 3 is 2.42 bits per heavy atom. The molecule has 1 aliphatic carbocycles. The van der Waals surface area contributed by atoms with Gasteiger partial charge >= 0.3 is 5.97 Å². The van der Waals surface area contributed by atoms with Crippen LogP contribution < -0.4 is 5.32 Å². The molecule has 0 saturated carbocycles. The lowest BCUT2D eigenvalue weighted by Crippen LogP contribution is -2.46. The molecule has 24 heavy (non-hydrogen) atoms. The van der Waals surface area contributed by atoms with Crippen LogP contribution in [0.3, 0.4) is 0 Å². The highest BCUT2D eigenvalue weighted by Gasteiger charge is 2.28. The first-order chi connectivity index (χ1) is 11.6. The molecular formula is C20H21NO3. The first kappa shape index (κ1) is 16.2. The molecule has 0 aromatic heterocycles. The third-order valence-electron chi connectivity index (χ3n) is 4.61. The second-order valence-electron chi connectivity index (χ2n) is 6.30. The van der Waals surface area contributed by atoms with Crippen LogP contribution in [0, 0.1) is 5.92 Å². The fourth-order valence-electron chi connectivity index (χ4n) is 3.26. The summed E-state index contributed by atoms with van der Waals surface area (Å²) in [4.78, 5) is 24.0. The number of rotatable bonds is 5. The number of aryl methyl sites for hydroxylation is 1. The summed E-state index contributed by atoms with van der Waals surface area (Å²) < 4.78 is 0. The van der Waals surface area contributed by atoms with Crippen molar-refractivity contribution in [1.82, 2.24) is 5.32 Å². The standard InChI is InChI=1S/C20H21NO3/c22-19(17-11-10-15-8-4-5-9-16(15)13-17)21-18(20(23)24)12-14-6-2-1-3-7-14/h1-9,17-18H,10-13H2,(H,21,22)(H,23,24)/t17?,18-/m1/s1. The number of nitrogens with one attached hydrogen (secondary N) is 1. The second kappa shape index (κ2) is 7.30. The number of hydrogen-bond donors (Lipinski definition) is 2. The normalized spacial score (nSPS) is 17.6. The number of carbonyl (C=O) groups excluding carboxylic acids is 1. The zero-order valence-electron chi connectivity index (χ0n) is 13.4. The van der Waals surface area contributed by atoms with Crippen LogP contribution in [0.5, 0.6) is 0 Å². The molecule has 0 bridgehead atoms. The van der Waals surface area contributed by atoms with Crippen LogP contribution in [-0.2, 0) is 28.9 Å². The van der Waals surface area contributed by atoms with E-state index in [-0.39, 0.29) is 11.8 Å². The van der Waals surface area contributed by atoms with Crippen molar-refractivity contribution in [2.75, 3.05) is 0 Å². The molecule has 0 heterocycles. The van der Waals surface area contributed by atoms with Crippen molar-refractivity contribution in [2.45, 2.75) is 31.7 Å². The van der Waals surface area contributed by atoms with E-state index in [2.05, 4.69) is 11.4 Å². The Hall–Kier alpha value is -2.62. The van der Waals surface area contributed by atoms with E-state index in [1.54, 1.807) is 0 Å². The average molecular weight is 323 g/mol. The summed E-state index contributed by atoms with van der Waals surface area (Å²) in [6.45, 7) is 0. The van der Waals surface area contributed by atoms with E-state index in [1.165, 1.54) is 11.1 Å². The molecule has 0 spiro atoms. The Labute approximate surface area is 141 Å². The Balaban J connectivity index is 1.65. The summed E-state index contributed by atoms with van der Waals surface area (Å²) in [5.74, 6) is -1.31. The average Bonchev–Trinajstić information content (AvgIpc) is 2.61. The fourth-order valence-corrected chi connectivity index (χ4v) is 3.26. The zero-order chi connectivity index (χ0) is 16.9. The van der Waals surface area contributed by atoms with Gasteiger partial charge in [-0.3, -0.25) is 4.79 Å². The van der Waals surface area contributed by atoms with Crippen LogP contribution in [0.15, 0.2) is 54.6 Å². The summed E-state index contributed by atoms with van der Waals surface area (Å²) in [7, 11) is 0. The predicted octanol–water partition coefficient (Wildman–Crippen LogP) is 2.60. The second-order valence-corrected chi connectivity index (χ2v) is 6.30. The maximum absolute atomic E-state index is 12.5. The minimum atomic E-state index is -0.997. The summed E-state index contributed by atoms with van der Waals surface area (Å²) in [5.41, 5.74) is 3.39. The Morgan fingerprint density at radius 1 is 1.04 bits per heavy atom. The van der Waals surface area contributed by atoms with E-state index < -0.39 is 12.0 Å². The van der Waals surface area contributed by atoms with Crippen molar-refractivity contribution in [3.05, 3.63) is 71.3 Å². The van der Waals surface area contributed by atoms with Crippen molar-refractivity contribution in [3.63, 3.8) is 0 Å². The van der Waals surface area contributed by atoms with Crippen molar-refractivity contribution in [1.29, 1.82) is 0 Å². The lowest BCUT2D eigenvalue weighted by atomic mass is 9.83. The van der Waals surface area contributed by atoms with Crippen LogP contribution in [0.4, 0.5) is 0 Å². The van der Waals surface area contributed by atoms with E-state index >= 15 is 0 Å². The minimum absolute atomic E-state index is 0.155. The van der Waals surface area contributed by atoms with Gasteiger partial charge < -0.3 is 10.4 Å². The summed E-state index contributed by atoms with van der Waals surface area (Å²) in [6.07, 6.45) is 2.61. The van der Waals surface area contributed by atoms with Gasteiger partial charge in [-0.25, -0.2) is 4.79 Å². The van der Waals surface area contributed by atoms with Crippen LogP contribution >= 0.6 is 0 Å². The molecule has 2 N–H and O–H groups in total. The van der Waals surface area contributed by atoms with Gasteiger partial charge in [-0.05, 0) is 36.0 Å². The van der Waals surface area contributed by atoms with Crippen LogP contribution in [0.25, 0.3) is 0 Å². The fraction of sp³-hybridized carbons (Fsp3) is 0.300. The molecule has 2 aromatic carbocycles. The van der Waals surface area contributed by atoms with Gasteiger partial charge in [0.1, 0.15) is 6.04 Å². The number of fused-ring (bicyclic) bond motifs is 1. The summed E-state index contributed by atoms with van der Waals surface area (Å²) >= 11 is 0. The van der Waals surface area contributed by atoms with E-state index in [1.807, 2.05) is 48.5 Å². The van der Waals surface area contributed by atoms with Gasteiger partial charge in [0.05, 0.1) is 0 Å². The third kappa shape index (κ3) is 3.82. The predicted molar refractivity (Wildman–Crippen MR) is 91.7 cm³/mol. The Morgan fingerprint density at radius 2 is 1.71 bits per heavy atom. The molecule has 0 fully saturated rings. The lowest BCUT2D eigenvalue weighted by Gasteiger charge is -2.25. The summed E-state index contributed by atoms with van der Waals surface area (Å²) in [6, 6.07) is 16.6. The molecule has 1 unspecified atom stereocenters. The zero-order valence-corrected chi connectivity index (χ0v) is 13.4. The van der Waals surface area contributed by atoms with Crippen molar-refractivity contribution >= 4 is 11.9 Å². The lowest BCUT2D eigenvalue weighted by molar-refractivity contribution is -0.142. The Kier molecular flexibility index (Phi) is 4.94. The number of carboxylic acids is 1. The van der Waals surface area contributed by atoms with Crippen LogP contribution in [0.1, 0.15) is 23.1 Å². The molecule has 0 radical (unpaired) electrons. The van der Waals surface area contributed by atoms with E-state index in [4.69, 9.17) is 0 Å². The van der Waals surface area contributed by atoms with Gasteiger partial charge in [0, 0.05) is 12.3 Å². The largest absolute Gasteiger partial charge is 0.480 e. The molecular weight excluding hydrogens is 302 g/mol. The molecule has 2 atom stereocenters. The van der Waals surface area contributed by atoms with Gasteiger partial charge in [0.2, 0.25) is 5.91 Å². The number of benzene rings is 2. The van der Waals surface area contributed by atoms with Crippen LogP contribution in [0.2, 0.25) is 0 Å². The molecule has 1 amide bonds. The molecule has 4 heteroatoms. The SMILES string of the molecule is O=C(N[C@H](Cc1ccccc1)C(=O)O)C1CCc2ccccc2C1. The molecule has 2 aromatic rings. The summed E-state index contributed by atoms with van der Waals surface area (Å²) in [5, 5.41) is 12.2. The van der Waals surface area contributed by atoms with Crippen molar-refractivity contribution in [2.24, 2.45) is 5.92 Å². The van der Waals surface area contributed by atoms with Gasteiger partial charge in [0.15, 0.2) is 0 Å². The molecule has 3 rings (SSSR count). The highest BCUT2D eigenvalue weighted by atomic mass is 16.4. The highest BCUT2D eigenvalue weighted by molar-refractivity contribution is 5.85. The molecule has 0 aliphatic heterocycles. The van der Waals surface area contributed by atoms with Crippen LogP contribution in [-0.4, -0.2) is 23.0 Å². The maximum atomic E-state index is 12.5. The highest BCUT2D eigenvalue weighted by Crippen LogP contribution is 2.25. The smallest absolute Gasteiger partial charge is 0.326 e. The number of aliphatic carboxylic acids is 1. The molecule has 0 saturated heterocycles. The third-order valence-corrected chi connectivity index (χ3v) is 4.61. The van der Waals surface area contributed by atoms with Crippen molar-refractivity contribution in [3.8, 4) is 0 Å². The van der Waals surface area contributed by atoms with E-state index in [9.17, 15) is 14.7 Å². The molecule has 4 nitrogen and oxygen atoms in total. The van der Waals surface area contributed by atoms with Gasteiger partial charge in [-0.15, -0.1) is 0 Å². The van der Waals surface area contributed by atoms with E-state index in [0.29, 0.717) is 12.8 Å². The molecule has 124 valence electrons. The van der Waals surface area contributed by atoms with Gasteiger partial charge in [0.25, 0.3) is 0 Å². The van der Waals surface area contributed by atoms with Gasteiger partial charge in [-0.2, -0.15) is 0 Å². The first-order valence-corrected chi connectivity index (χ1v) is 8.27. The topological polar surface area (TPSA) is 66.4 Å². The Bertz CT molecular complexity index is 727. The number of carbonyl (C=O) groups is 2. The number of carboxylic acid groups (broad SMARTS) is 1. The quantitative estimate of drug-likeness (QED) is 0.889. The minimum Gasteiger partial charge on any atom is -0.480 e. The number of hydrogen-bond acceptors (Lipinski definition) is 2. The first-order valence-electron chi connectivity index (χ1n) is 8.27. The molecule has 1 aliphatic rings. The maximum Gasteiger partial charge on any atom is 0.326 e. The van der Waals surface area contributed by atoms with E-state index in [0.717, 1.165) is 18.4 Å². The monoisotopic (exact) mass is 323 g/mol.